The van der Waals surface area contributed by atoms with Gasteiger partial charge in [0, 0.05) is 0 Å². The average Bonchev–Trinajstić information content (AvgIpc) is 2.76. The number of carbonyl (C=O) groups is 1. The SMILES string of the molecule is O=C1CN(c2ccccc2)C(=[Se])N1c1ccc(Cl)cc1. The topological polar surface area (TPSA) is 23.6 Å². The first-order valence-electron chi connectivity index (χ1n) is 6.12. The average molecular weight is 350 g/mol. The van der Waals surface area contributed by atoms with Crippen LogP contribution in [-0.2, 0) is 4.79 Å². The van der Waals surface area contributed by atoms with Crippen LogP contribution in [0.5, 0.6) is 0 Å². The molecule has 2 aromatic rings. The van der Waals surface area contributed by atoms with E-state index in [0.717, 1.165) is 16.0 Å². The molecule has 1 amide bonds. The summed E-state index contributed by atoms with van der Waals surface area (Å²) in [6, 6.07) is 17.1. The van der Waals surface area contributed by atoms with Crippen LogP contribution in [0.1, 0.15) is 0 Å². The van der Waals surface area contributed by atoms with Crippen LogP contribution >= 0.6 is 11.6 Å². The molecule has 5 heteroatoms. The Bertz CT molecular complexity index is 657. The molecule has 100 valence electrons. The summed E-state index contributed by atoms with van der Waals surface area (Å²) in [5, 5.41) is 0.655. The number of carbonyl (C=O) groups excluding carboxylic acids is 1. The van der Waals surface area contributed by atoms with Crippen LogP contribution in [0.25, 0.3) is 0 Å². The van der Waals surface area contributed by atoms with Gasteiger partial charge in [0.1, 0.15) is 0 Å². The monoisotopic (exact) mass is 350 g/mol. The molecule has 1 aliphatic rings. The number of hydrogen-bond acceptors (Lipinski definition) is 2. The fourth-order valence-corrected chi connectivity index (χ4v) is 3.07. The standard InChI is InChI=1S/C15H11ClN2OSe/c16-11-6-8-13(9-7-11)18-14(19)10-17(15(18)20)12-4-2-1-3-5-12/h1-9H,10H2. The van der Waals surface area contributed by atoms with Crippen molar-refractivity contribution in [1.82, 2.24) is 0 Å². The van der Waals surface area contributed by atoms with Crippen LogP contribution in [0, 0.1) is 0 Å². The van der Waals surface area contributed by atoms with Gasteiger partial charge in [-0.2, -0.15) is 0 Å². The number of benzene rings is 2. The summed E-state index contributed by atoms with van der Waals surface area (Å²) in [6.45, 7) is 0.328. The molecule has 2 aromatic carbocycles. The summed E-state index contributed by atoms with van der Waals surface area (Å²) in [7, 11) is 0. The normalized spacial score (nSPS) is 15.1. The van der Waals surface area contributed by atoms with E-state index in [1.54, 1.807) is 17.0 Å². The first kappa shape index (κ1) is 13.4. The van der Waals surface area contributed by atoms with Gasteiger partial charge in [-0.05, 0) is 0 Å². The molecule has 0 spiro atoms. The molecule has 0 saturated carbocycles. The van der Waals surface area contributed by atoms with Gasteiger partial charge in [-0.15, -0.1) is 0 Å². The van der Waals surface area contributed by atoms with Crippen molar-refractivity contribution in [1.29, 1.82) is 0 Å². The van der Waals surface area contributed by atoms with Gasteiger partial charge in [0.05, 0.1) is 0 Å². The van der Waals surface area contributed by atoms with E-state index in [1.165, 1.54) is 0 Å². The van der Waals surface area contributed by atoms with E-state index >= 15 is 0 Å². The van der Waals surface area contributed by atoms with Crippen molar-refractivity contribution in [3.63, 3.8) is 0 Å². The maximum absolute atomic E-state index is 12.3. The zero-order valence-electron chi connectivity index (χ0n) is 10.5. The third-order valence-corrected chi connectivity index (χ3v) is 4.22. The number of amides is 1. The zero-order chi connectivity index (χ0) is 14.1. The van der Waals surface area contributed by atoms with Gasteiger partial charge in [-0.25, -0.2) is 0 Å². The molecule has 1 heterocycles. The molecule has 0 radical (unpaired) electrons. The van der Waals surface area contributed by atoms with Crippen molar-refractivity contribution in [3.8, 4) is 0 Å². The van der Waals surface area contributed by atoms with Crippen molar-refractivity contribution < 1.29 is 4.79 Å². The Balaban J connectivity index is 1.93. The molecule has 0 bridgehead atoms. The summed E-state index contributed by atoms with van der Waals surface area (Å²) in [5.74, 6) is 0.0323. The first-order chi connectivity index (χ1) is 9.66. The van der Waals surface area contributed by atoms with Gasteiger partial charge in [-0.3, -0.25) is 0 Å². The Hall–Kier alpha value is -1.61. The van der Waals surface area contributed by atoms with Crippen molar-refractivity contribution >= 4 is 49.1 Å². The number of hydrogen-bond donors (Lipinski definition) is 0. The van der Waals surface area contributed by atoms with Gasteiger partial charge in [0.15, 0.2) is 0 Å². The molecule has 0 aromatic heterocycles. The summed E-state index contributed by atoms with van der Waals surface area (Å²) in [4.78, 5) is 15.9. The molecule has 0 N–H and O–H groups in total. The summed E-state index contributed by atoms with van der Waals surface area (Å²) >= 11 is 8.88. The van der Waals surface area contributed by atoms with Crippen molar-refractivity contribution in [2.24, 2.45) is 0 Å². The number of nitrogens with zero attached hydrogens (tertiary/aromatic N) is 2. The zero-order valence-corrected chi connectivity index (χ0v) is 13.0. The molecular formula is C15H11ClN2OSe. The number of rotatable bonds is 2. The minimum atomic E-state index is 0.0323. The van der Waals surface area contributed by atoms with Gasteiger partial charge >= 0.3 is 130 Å². The number of para-hydroxylation sites is 1. The predicted octanol–water partition coefficient (Wildman–Crippen LogP) is 2.45. The van der Waals surface area contributed by atoms with Gasteiger partial charge in [0.25, 0.3) is 0 Å². The Morgan fingerprint density at radius 1 is 0.950 bits per heavy atom. The Labute approximate surface area is 130 Å². The molecule has 1 saturated heterocycles. The van der Waals surface area contributed by atoms with Gasteiger partial charge in [-0.1, -0.05) is 0 Å². The van der Waals surface area contributed by atoms with Crippen molar-refractivity contribution in [2.75, 3.05) is 16.3 Å². The van der Waals surface area contributed by atoms with Crippen LogP contribution in [0.4, 0.5) is 11.4 Å². The molecule has 3 nitrogen and oxygen atoms in total. The van der Waals surface area contributed by atoms with E-state index in [9.17, 15) is 4.79 Å². The van der Waals surface area contributed by atoms with Crippen LogP contribution < -0.4 is 9.80 Å². The van der Waals surface area contributed by atoms with E-state index in [2.05, 4.69) is 15.6 Å². The van der Waals surface area contributed by atoms with Gasteiger partial charge < -0.3 is 0 Å². The Morgan fingerprint density at radius 2 is 1.60 bits per heavy atom. The molecule has 20 heavy (non-hydrogen) atoms. The fourth-order valence-electron chi connectivity index (χ4n) is 2.16. The Morgan fingerprint density at radius 3 is 2.25 bits per heavy atom. The maximum atomic E-state index is 12.3. The van der Waals surface area contributed by atoms with Crippen molar-refractivity contribution in [3.05, 3.63) is 59.6 Å². The van der Waals surface area contributed by atoms with Gasteiger partial charge in [0.2, 0.25) is 0 Å². The second-order valence-electron chi connectivity index (χ2n) is 4.41. The molecule has 0 aliphatic carbocycles. The quantitative estimate of drug-likeness (QED) is 0.778. The van der Waals surface area contributed by atoms with Crippen molar-refractivity contribution in [2.45, 2.75) is 0 Å². The molecule has 1 aliphatic heterocycles. The summed E-state index contributed by atoms with van der Waals surface area (Å²) in [5.41, 5.74) is 1.80. The van der Waals surface area contributed by atoms with Crippen LogP contribution in [0.3, 0.4) is 0 Å². The summed E-state index contributed by atoms with van der Waals surface area (Å²) in [6.07, 6.45) is 0. The first-order valence-corrected chi connectivity index (χ1v) is 7.35. The van der Waals surface area contributed by atoms with E-state index in [0.29, 0.717) is 11.6 Å². The van der Waals surface area contributed by atoms with E-state index in [-0.39, 0.29) is 5.91 Å². The van der Waals surface area contributed by atoms with Crippen LogP contribution in [0.15, 0.2) is 54.6 Å². The summed E-state index contributed by atoms with van der Waals surface area (Å²) < 4.78 is 0.781. The molecule has 0 unspecified atom stereocenters. The third-order valence-electron chi connectivity index (χ3n) is 3.12. The fraction of sp³-hybridized carbons (Fsp3) is 0.0667. The van der Waals surface area contributed by atoms with E-state index in [4.69, 9.17) is 11.6 Å². The molecule has 0 atom stereocenters. The molecule has 3 rings (SSSR count). The second kappa shape index (κ2) is 5.41. The molecule has 1 fully saturated rings. The Kier molecular flexibility index (Phi) is 3.62. The number of anilines is 2. The van der Waals surface area contributed by atoms with Crippen LogP contribution in [-0.4, -0.2) is 32.7 Å². The van der Waals surface area contributed by atoms with E-state index < -0.39 is 0 Å². The third kappa shape index (κ3) is 2.38. The minimum absolute atomic E-state index is 0.0323. The van der Waals surface area contributed by atoms with E-state index in [1.807, 2.05) is 47.4 Å². The number of halogens is 1. The second-order valence-corrected chi connectivity index (χ2v) is 5.61. The molecular weight excluding hydrogens is 339 g/mol. The predicted molar refractivity (Wildman–Crippen MR) is 83.5 cm³/mol. The van der Waals surface area contributed by atoms with Crippen LogP contribution in [0.2, 0.25) is 5.02 Å².